The minimum Gasteiger partial charge on any atom is -0.489 e. The maximum absolute atomic E-state index is 14.1. The Balaban J connectivity index is 1.51. The number of likely N-dealkylation sites (N-methyl/N-ethyl adjacent to an activating group) is 1. The summed E-state index contributed by atoms with van der Waals surface area (Å²) < 4.78 is 5.95. The van der Waals surface area contributed by atoms with E-state index in [0.717, 1.165) is 33.7 Å². The molecule has 0 saturated carbocycles. The van der Waals surface area contributed by atoms with Crippen molar-refractivity contribution in [1.29, 1.82) is 0 Å². The minimum absolute atomic E-state index is 0.215. The van der Waals surface area contributed by atoms with Crippen molar-refractivity contribution in [2.75, 3.05) is 26.0 Å². The third-order valence-corrected chi connectivity index (χ3v) is 7.61. The lowest BCUT2D eigenvalue weighted by atomic mass is 10.0. The molecule has 2 amide bonds. The molecule has 0 aliphatic carbocycles. The van der Waals surface area contributed by atoms with Crippen LogP contribution in [-0.2, 0) is 35.6 Å². The van der Waals surface area contributed by atoms with Crippen LogP contribution in [0.25, 0.3) is 0 Å². The van der Waals surface area contributed by atoms with Crippen molar-refractivity contribution in [3.8, 4) is 5.75 Å². The van der Waals surface area contributed by atoms with Crippen molar-refractivity contribution in [2.24, 2.45) is 0 Å². The van der Waals surface area contributed by atoms with Crippen LogP contribution in [0, 0.1) is 0 Å². The number of hydrogen-bond acceptors (Lipinski definition) is 6. The average molecular weight is 622 g/mol. The molecule has 4 rings (SSSR count). The van der Waals surface area contributed by atoms with Gasteiger partial charge in [0.1, 0.15) is 18.4 Å². The van der Waals surface area contributed by atoms with Gasteiger partial charge in [0.2, 0.25) is 11.8 Å². The molecule has 1 aromatic heterocycles. The quantitative estimate of drug-likeness (QED) is 0.196. The second-order valence-electron chi connectivity index (χ2n) is 13.0. The Kier molecular flexibility index (Phi) is 11.9. The van der Waals surface area contributed by atoms with Gasteiger partial charge in [0.05, 0.1) is 6.04 Å². The summed E-state index contributed by atoms with van der Waals surface area (Å²) in [7, 11) is 5.96. The number of carbonyl (C=O) groups excluding carboxylic acids is 2. The Hall–Kier alpha value is -4.69. The number of benzene rings is 3. The smallest absolute Gasteiger partial charge is 0.243 e. The maximum Gasteiger partial charge on any atom is 0.243 e. The number of aromatic nitrogens is 1. The molecule has 0 bridgehead atoms. The molecule has 0 radical (unpaired) electrons. The molecule has 2 N–H and O–H groups in total. The number of rotatable bonds is 14. The van der Waals surface area contributed by atoms with Crippen molar-refractivity contribution in [3.05, 3.63) is 126 Å². The van der Waals surface area contributed by atoms with Crippen LogP contribution in [0.3, 0.4) is 0 Å². The summed E-state index contributed by atoms with van der Waals surface area (Å²) in [4.78, 5) is 36.0. The van der Waals surface area contributed by atoms with Crippen LogP contribution in [-0.4, -0.2) is 60.5 Å². The third-order valence-electron chi connectivity index (χ3n) is 7.61. The van der Waals surface area contributed by atoms with Gasteiger partial charge in [-0.1, -0.05) is 60.7 Å². The molecule has 8 nitrogen and oxygen atoms in total. The lowest BCUT2D eigenvalue weighted by Crippen LogP contribution is -2.56. The van der Waals surface area contributed by atoms with Crippen LogP contribution < -0.4 is 20.3 Å². The van der Waals surface area contributed by atoms with E-state index in [2.05, 4.69) is 44.8 Å². The van der Waals surface area contributed by atoms with Crippen molar-refractivity contribution < 1.29 is 14.3 Å². The number of nitrogens with one attached hydrogen (secondary N) is 2. The fourth-order valence-corrected chi connectivity index (χ4v) is 5.12. The molecule has 0 spiro atoms. The van der Waals surface area contributed by atoms with Crippen LogP contribution in [0.4, 0.5) is 5.69 Å². The molecule has 8 heteroatoms. The fraction of sp³-hybridized carbons (Fsp3) is 0.342. The van der Waals surface area contributed by atoms with Gasteiger partial charge in [-0.25, -0.2) is 0 Å². The number of carbonyl (C=O) groups is 2. The zero-order valence-corrected chi connectivity index (χ0v) is 27.9. The van der Waals surface area contributed by atoms with E-state index in [4.69, 9.17) is 4.74 Å². The van der Waals surface area contributed by atoms with Gasteiger partial charge in [-0.15, -0.1) is 0 Å². The molecule has 46 heavy (non-hydrogen) atoms. The van der Waals surface area contributed by atoms with E-state index >= 15 is 0 Å². The van der Waals surface area contributed by atoms with Crippen LogP contribution in [0.15, 0.2) is 103 Å². The van der Waals surface area contributed by atoms with E-state index < -0.39 is 17.6 Å². The zero-order valence-electron chi connectivity index (χ0n) is 27.9. The standard InChI is InChI=1S/C38H47N5O3/c1-38(2,3)41-36(44)34(23-28-16-20-33(21-17-28)46-27-30-11-8-7-9-12-30)40-37(45)35(24-31-13-10-22-39-25-31)43(6)26-29-14-18-32(19-15-29)42(4)5/h7-22,25,34-35H,23-24,26-27H2,1-6H3,(H,40,45)(H,41,44). The van der Waals surface area contributed by atoms with Crippen molar-refractivity contribution in [3.63, 3.8) is 0 Å². The lowest BCUT2D eigenvalue weighted by molar-refractivity contribution is -0.132. The zero-order chi connectivity index (χ0) is 33.1. The van der Waals surface area contributed by atoms with Crippen molar-refractivity contribution in [2.45, 2.75) is 64.4 Å². The Morgan fingerprint density at radius 1 is 0.761 bits per heavy atom. The molecule has 0 saturated heterocycles. The van der Waals surface area contributed by atoms with Crippen LogP contribution in [0.1, 0.15) is 43.0 Å². The highest BCUT2D eigenvalue weighted by Crippen LogP contribution is 2.18. The summed E-state index contributed by atoms with van der Waals surface area (Å²) in [6.07, 6.45) is 4.29. The Morgan fingerprint density at radius 2 is 1.41 bits per heavy atom. The molecule has 3 aromatic carbocycles. The summed E-state index contributed by atoms with van der Waals surface area (Å²) in [5.74, 6) is 0.296. The lowest BCUT2D eigenvalue weighted by Gasteiger charge is -2.30. The highest BCUT2D eigenvalue weighted by Gasteiger charge is 2.30. The minimum atomic E-state index is -0.771. The molecular formula is C38H47N5O3. The van der Waals surface area contributed by atoms with Gasteiger partial charge >= 0.3 is 0 Å². The molecule has 0 aliphatic rings. The second kappa shape index (κ2) is 16.0. The SMILES string of the molecule is CN(C)c1ccc(CN(C)C(Cc2cccnc2)C(=O)NC(Cc2ccc(OCc3ccccc3)cc2)C(=O)NC(C)(C)C)cc1. The van der Waals surface area contributed by atoms with Gasteiger partial charge in [-0.3, -0.25) is 19.5 Å². The molecule has 1 heterocycles. The van der Waals surface area contributed by atoms with Crippen molar-refractivity contribution >= 4 is 17.5 Å². The fourth-order valence-electron chi connectivity index (χ4n) is 5.12. The summed E-state index contributed by atoms with van der Waals surface area (Å²) in [6, 6.07) is 28.5. The highest BCUT2D eigenvalue weighted by molar-refractivity contribution is 5.90. The number of anilines is 1. The van der Waals surface area contributed by atoms with Crippen LogP contribution in [0.5, 0.6) is 5.75 Å². The van der Waals surface area contributed by atoms with E-state index in [1.165, 1.54) is 0 Å². The number of nitrogens with zero attached hydrogens (tertiary/aromatic N) is 3. The molecule has 2 atom stereocenters. The Labute approximate surface area is 273 Å². The number of hydrogen-bond donors (Lipinski definition) is 2. The van der Waals surface area contributed by atoms with Crippen LogP contribution in [0.2, 0.25) is 0 Å². The van der Waals surface area contributed by atoms with Crippen molar-refractivity contribution in [1.82, 2.24) is 20.5 Å². The third kappa shape index (κ3) is 10.7. The normalized spacial score (nSPS) is 12.7. The summed E-state index contributed by atoms with van der Waals surface area (Å²) in [5.41, 5.74) is 4.69. The van der Waals surface area contributed by atoms with Gasteiger partial charge in [-0.2, -0.15) is 0 Å². The van der Waals surface area contributed by atoms with Gasteiger partial charge in [0, 0.05) is 50.7 Å². The predicted molar refractivity (Wildman–Crippen MR) is 185 cm³/mol. The van der Waals surface area contributed by atoms with E-state index in [1.807, 2.05) is 114 Å². The Morgan fingerprint density at radius 3 is 2.02 bits per heavy atom. The Bertz CT molecular complexity index is 1520. The van der Waals surface area contributed by atoms with E-state index in [9.17, 15) is 9.59 Å². The number of ether oxygens (including phenoxy) is 1. The molecule has 0 aliphatic heterocycles. The first-order valence-electron chi connectivity index (χ1n) is 15.7. The molecule has 242 valence electrons. The first-order valence-corrected chi connectivity index (χ1v) is 15.7. The molecular weight excluding hydrogens is 574 g/mol. The van der Waals surface area contributed by atoms with Gasteiger partial charge < -0.3 is 20.3 Å². The molecule has 0 fully saturated rings. The topological polar surface area (TPSA) is 86.8 Å². The summed E-state index contributed by atoms with van der Waals surface area (Å²) >= 11 is 0. The first-order chi connectivity index (χ1) is 22.0. The maximum atomic E-state index is 14.1. The average Bonchev–Trinajstić information content (AvgIpc) is 3.03. The second-order valence-corrected chi connectivity index (χ2v) is 13.0. The highest BCUT2D eigenvalue weighted by atomic mass is 16.5. The van der Waals surface area contributed by atoms with E-state index in [-0.39, 0.29) is 11.8 Å². The first kappa shape index (κ1) is 34.2. The molecule has 4 aromatic rings. The number of pyridine rings is 1. The van der Waals surface area contributed by atoms with Gasteiger partial charge in [-0.05, 0) is 86.8 Å². The van der Waals surface area contributed by atoms with Gasteiger partial charge in [0.25, 0.3) is 0 Å². The molecule has 2 unspecified atom stereocenters. The summed E-state index contributed by atoms with van der Waals surface area (Å²) in [6.45, 7) is 6.84. The summed E-state index contributed by atoms with van der Waals surface area (Å²) in [5, 5.41) is 6.17. The number of amides is 2. The monoisotopic (exact) mass is 621 g/mol. The van der Waals surface area contributed by atoms with Crippen LogP contribution >= 0.6 is 0 Å². The van der Waals surface area contributed by atoms with E-state index in [1.54, 1.807) is 12.4 Å². The van der Waals surface area contributed by atoms with E-state index in [0.29, 0.717) is 26.0 Å². The largest absolute Gasteiger partial charge is 0.489 e. The predicted octanol–water partition coefficient (Wildman–Crippen LogP) is 5.41. The van der Waals surface area contributed by atoms with Gasteiger partial charge in [0.15, 0.2) is 0 Å².